The van der Waals surface area contributed by atoms with Crippen molar-refractivity contribution in [2.75, 3.05) is 13.2 Å². The summed E-state index contributed by atoms with van der Waals surface area (Å²) in [7, 11) is -3.85. The van der Waals surface area contributed by atoms with Crippen LogP contribution in [0, 0.1) is 11.7 Å². The number of nitrogens with one attached hydrogen (secondary N) is 1. The molecule has 7 heteroatoms. The predicted molar refractivity (Wildman–Crippen MR) is 72.8 cm³/mol. The third-order valence-corrected chi connectivity index (χ3v) is 5.28. The second-order valence-electron chi connectivity index (χ2n) is 4.61. The van der Waals surface area contributed by atoms with Gasteiger partial charge in [-0.2, -0.15) is 0 Å². The maximum atomic E-state index is 13.7. The molecule has 1 aromatic rings. The normalized spacial score (nSPS) is 21.5. The minimum absolute atomic E-state index is 0.133. The fourth-order valence-electron chi connectivity index (χ4n) is 2.04. The Labute approximate surface area is 120 Å². The van der Waals surface area contributed by atoms with Crippen molar-refractivity contribution in [1.29, 1.82) is 0 Å². The van der Waals surface area contributed by atoms with E-state index in [1.807, 2.05) is 0 Å². The van der Waals surface area contributed by atoms with Gasteiger partial charge in [0.25, 0.3) is 0 Å². The minimum Gasteiger partial charge on any atom is -0.381 e. The van der Waals surface area contributed by atoms with Crippen molar-refractivity contribution in [3.8, 4) is 0 Å². The average Bonchev–Trinajstić information content (AvgIpc) is 2.80. The molecule has 2 unspecified atom stereocenters. The number of hydrogen-bond acceptors (Lipinski definition) is 3. The van der Waals surface area contributed by atoms with Gasteiger partial charge in [-0.15, -0.1) is 0 Å². The number of halogens is 2. The molecule has 1 aliphatic rings. The first-order valence-corrected chi connectivity index (χ1v) is 8.23. The lowest BCUT2D eigenvalue weighted by Crippen LogP contribution is -2.38. The molecule has 1 saturated heterocycles. The van der Waals surface area contributed by atoms with Crippen molar-refractivity contribution < 1.29 is 17.5 Å². The maximum absolute atomic E-state index is 13.7. The summed E-state index contributed by atoms with van der Waals surface area (Å²) in [5, 5.41) is 0. The fraction of sp³-hybridized carbons (Fsp3) is 0.500. The molecule has 4 nitrogen and oxygen atoms in total. The van der Waals surface area contributed by atoms with Gasteiger partial charge >= 0.3 is 0 Å². The van der Waals surface area contributed by atoms with Crippen LogP contribution < -0.4 is 4.72 Å². The van der Waals surface area contributed by atoms with E-state index in [4.69, 9.17) is 4.74 Å². The molecule has 0 aromatic heterocycles. The highest BCUT2D eigenvalue weighted by atomic mass is 79.9. The van der Waals surface area contributed by atoms with Crippen LogP contribution in [0.15, 0.2) is 27.6 Å². The number of sulfonamides is 1. The molecule has 0 radical (unpaired) electrons. The van der Waals surface area contributed by atoms with Crippen molar-refractivity contribution in [3.63, 3.8) is 0 Å². The van der Waals surface area contributed by atoms with Gasteiger partial charge in [0.05, 0.1) is 6.61 Å². The zero-order chi connectivity index (χ0) is 14.0. The highest BCUT2D eigenvalue weighted by molar-refractivity contribution is 9.10. The van der Waals surface area contributed by atoms with Gasteiger partial charge in [0.15, 0.2) is 0 Å². The summed E-state index contributed by atoms with van der Waals surface area (Å²) in [5.74, 6) is -0.634. The molecule has 0 aliphatic carbocycles. The zero-order valence-corrected chi connectivity index (χ0v) is 12.8. The smallest absolute Gasteiger partial charge is 0.243 e. The van der Waals surface area contributed by atoms with Crippen molar-refractivity contribution in [1.82, 2.24) is 4.72 Å². The van der Waals surface area contributed by atoms with E-state index in [9.17, 15) is 12.8 Å². The molecule has 0 bridgehead atoms. The van der Waals surface area contributed by atoms with Crippen LogP contribution in [0.4, 0.5) is 4.39 Å². The Morgan fingerprint density at radius 1 is 1.53 bits per heavy atom. The van der Waals surface area contributed by atoms with Crippen LogP contribution >= 0.6 is 15.9 Å². The molecule has 1 aromatic carbocycles. The van der Waals surface area contributed by atoms with Crippen LogP contribution in [0.3, 0.4) is 0 Å². The molecule has 0 amide bonds. The van der Waals surface area contributed by atoms with Crippen LogP contribution in [-0.2, 0) is 14.8 Å². The summed E-state index contributed by atoms with van der Waals surface area (Å²) in [6.45, 7) is 2.95. The Hall–Kier alpha value is -0.500. The van der Waals surface area contributed by atoms with E-state index in [1.165, 1.54) is 12.1 Å². The summed E-state index contributed by atoms with van der Waals surface area (Å²) in [5.41, 5.74) is 0. The highest BCUT2D eigenvalue weighted by Gasteiger charge is 2.28. The predicted octanol–water partition coefficient (Wildman–Crippen LogP) is 2.29. The van der Waals surface area contributed by atoms with Crippen LogP contribution in [0.5, 0.6) is 0 Å². The highest BCUT2D eigenvalue weighted by Crippen LogP contribution is 2.22. The van der Waals surface area contributed by atoms with Gasteiger partial charge in [-0.3, -0.25) is 0 Å². The van der Waals surface area contributed by atoms with Crippen LogP contribution in [0.2, 0.25) is 0 Å². The third kappa shape index (κ3) is 3.53. The first-order chi connectivity index (χ1) is 8.90. The van der Waals surface area contributed by atoms with E-state index < -0.39 is 15.8 Å². The van der Waals surface area contributed by atoms with Gasteiger partial charge in [0, 0.05) is 23.0 Å². The number of rotatable bonds is 4. The molecule has 19 heavy (non-hydrogen) atoms. The van der Waals surface area contributed by atoms with Crippen molar-refractivity contribution in [2.45, 2.75) is 24.3 Å². The van der Waals surface area contributed by atoms with Gasteiger partial charge in [-0.05, 0) is 31.5 Å². The van der Waals surface area contributed by atoms with Gasteiger partial charge in [0.2, 0.25) is 10.0 Å². The van der Waals surface area contributed by atoms with E-state index in [-0.39, 0.29) is 16.9 Å². The van der Waals surface area contributed by atoms with Gasteiger partial charge in [0.1, 0.15) is 10.7 Å². The molecule has 2 rings (SSSR count). The molecular formula is C12H15BrFNO3S. The second-order valence-corrected chi connectivity index (χ2v) is 7.21. The molecular weight excluding hydrogens is 337 g/mol. The first-order valence-electron chi connectivity index (χ1n) is 5.95. The monoisotopic (exact) mass is 351 g/mol. The molecule has 0 saturated carbocycles. The minimum atomic E-state index is -3.85. The first kappa shape index (κ1) is 14.9. The topological polar surface area (TPSA) is 55.4 Å². The summed E-state index contributed by atoms with van der Waals surface area (Å²) in [6, 6.07) is 3.61. The summed E-state index contributed by atoms with van der Waals surface area (Å²) < 4.78 is 46.2. The quantitative estimate of drug-likeness (QED) is 0.905. The Bertz CT molecular complexity index is 558. The Kier molecular flexibility index (Phi) is 4.60. The SMILES string of the molecule is CC(NS(=O)(=O)c1ccc(Br)cc1F)C1CCOC1. The second kappa shape index (κ2) is 5.87. The fourth-order valence-corrected chi connectivity index (χ4v) is 3.75. The van der Waals surface area contributed by atoms with E-state index in [1.54, 1.807) is 6.92 Å². The third-order valence-electron chi connectivity index (χ3n) is 3.20. The number of benzene rings is 1. The Morgan fingerprint density at radius 3 is 2.84 bits per heavy atom. The van der Waals surface area contributed by atoms with E-state index in [0.29, 0.717) is 17.7 Å². The van der Waals surface area contributed by atoms with Crippen LogP contribution in [0.25, 0.3) is 0 Å². The molecule has 1 aliphatic heterocycles. The maximum Gasteiger partial charge on any atom is 0.243 e. The summed E-state index contributed by atoms with van der Waals surface area (Å²) in [4.78, 5) is -0.332. The lowest BCUT2D eigenvalue weighted by molar-refractivity contribution is 0.180. The molecule has 1 heterocycles. The Morgan fingerprint density at radius 2 is 2.26 bits per heavy atom. The number of ether oxygens (including phenoxy) is 1. The molecule has 106 valence electrons. The van der Waals surface area contributed by atoms with Crippen LogP contribution in [-0.4, -0.2) is 27.7 Å². The van der Waals surface area contributed by atoms with Crippen LogP contribution in [0.1, 0.15) is 13.3 Å². The molecule has 0 spiro atoms. The summed E-state index contributed by atoms with van der Waals surface area (Å²) >= 11 is 3.10. The zero-order valence-electron chi connectivity index (χ0n) is 10.4. The largest absolute Gasteiger partial charge is 0.381 e. The lowest BCUT2D eigenvalue weighted by Gasteiger charge is -2.19. The standard InChI is InChI=1S/C12H15BrFNO3S/c1-8(9-4-5-18-7-9)15-19(16,17)12-3-2-10(13)6-11(12)14/h2-3,6,8-9,15H,4-5,7H2,1H3. The average molecular weight is 352 g/mol. The molecule has 2 atom stereocenters. The Balaban J connectivity index is 2.17. The van der Waals surface area contributed by atoms with E-state index in [0.717, 1.165) is 12.5 Å². The van der Waals surface area contributed by atoms with E-state index in [2.05, 4.69) is 20.7 Å². The lowest BCUT2D eigenvalue weighted by atomic mass is 10.0. The molecule has 1 fully saturated rings. The summed E-state index contributed by atoms with van der Waals surface area (Å²) in [6.07, 6.45) is 0.812. The van der Waals surface area contributed by atoms with Gasteiger partial charge in [-0.25, -0.2) is 17.5 Å². The van der Waals surface area contributed by atoms with Gasteiger partial charge < -0.3 is 4.74 Å². The van der Waals surface area contributed by atoms with Crippen molar-refractivity contribution in [3.05, 3.63) is 28.5 Å². The molecule has 1 N–H and O–H groups in total. The van der Waals surface area contributed by atoms with Crippen molar-refractivity contribution >= 4 is 26.0 Å². The van der Waals surface area contributed by atoms with E-state index >= 15 is 0 Å². The number of hydrogen-bond donors (Lipinski definition) is 1. The van der Waals surface area contributed by atoms with Gasteiger partial charge in [-0.1, -0.05) is 15.9 Å². The van der Waals surface area contributed by atoms with Crippen molar-refractivity contribution in [2.24, 2.45) is 5.92 Å².